The molecule has 0 heterocycles. The maximum Gasteiger partial charge on any atom is 0.309 e. The molecule has 0 aromatic heterocycles. The van der Waals surface area contributed by atoms with Crippen LogP contribution in [0.3, 0.4) is 0 Å². The number of hydrogen-bond acceptors (Lipinski definition) is 3. The number of ether oxygens (including phenoxy) is 1. The van der Waals surface area contributed by atoms with E-state index in [1.54, 1.807) is 25.1 Å². The molecular weight excluding hydrogens is 221 g/mol. The highest BCUT2D eigenvalue weighted by atomic mass is 19.1. The zero-order chi connectivity index (χ0) is 12.8. The Morgan fingerprint density at radius 2 is 2.24 bits per heavy atom. The number of carbonyl (C=O) groups excluding carboxylic acids is 1. The molecule has 0 saturated heterocycles. The Balaban J connectivity index is 2.71. The monoisotopic (exact) mass is 237 g/mol. The normalized spacial score (nSPS) is 10.8. The van der Waals surface area contributed by atoms with Crippen molar-refractivity contribution in [1.82, 2.24) is 0 Å². The molecule has 92 valence electrons. The van der Waals surface area contributed by atoms with Gasteiger partial charge in [-0.2, -0.15) is 0 Å². The Morgan fingerprint density at radius 1 is 1.53 bits per heavy atom. The van der Waals surface area contributed by atoms with Crippen LogP contribution in [0.25, 0.3) is 6.08 Å². The fraction of sp³-hybridized carbons (Fsp3) is 0.308. The van der Waals surface area contributed by atoms with Gasteiger partial charge in [0, 0.05) is 0 Å². The summed E-state index contributed by atoms with van der Waals surface area (Å²) in [5.41, 5.74) is 7.14. The molecule has 0 aliphatic heterocycles. The molecule has 0 radical (unpaired) electrons. The van der Waals surface area contributed by atoms with Crippen LogP contribution in [-0.4, -0.2) is 12.6 Å². The number of anilines is 1. The van der Waals surface area contributed by atoms with Crippen LogP contribution in [0, 0.1) is 12.7 Å². The fourth-order valence-electron chi connectivity index (χ4n) is 1.40. The van der Waals surface area contributed by atoms with Crippen molar-refractivity contribution in [3.8, 4) is 0 Å². The summed E-state index contributed by atoms with van der Waals surface area (Å²) in [5, 5.41) is 0. The molecule has 3 nitrogen and oxygen atoms in total. The number of nitrogens with two attached hydrogens (primary N) is 1. The van der Waals surface area contributed by atoms with E-state index >= 15 is 0 Å². The number of esters is 1. The molecule has 0 aliphatic rings. The highest BCUT2D eigenvalue weighted by molar-refractivity contribution is 5.73. The third kappa shape index (κ3) is 3.90. The maximum absolute atomic E-state index is 13.2. The van der Waals surface area contributed by atoms with Crippen molar-refractivity contribution in [3.05, 3.63) is 35.2 Å². The van der Waals surface area contributed by atoms with Gasteiger partial charge < -0.3 is 10.5 Å². The predicted octanol–water partition coefficient (Wildman–Crippen LogP) is 2.68. The van der Waals surface area contributed by atoms with Gasteiger partial charge in [0.2, 0.25) is 0 Å². The Bertz CT molecular complexity index is 441. The Hall–Kier alpha value is -1.84. The van der Waals surface area contributed by atoms with Gasteiger partial charge in [0.25, 0.3) is 0 Å². The number of hydrogen-bond donors (Lipinski definition) is 1. The molecule has 1 rings (SSSR count). The molecule has 0 spiro atoms. The van der Waals surface area contributed by atoms with Crippen molar-refractivity contribution in [3.63, 3.8) is 0 Å². The number of nitrogen functional groups attached to an aromatic ring is 1. The molecule has 0 atom stereocenters. The molecule has 1 aromatic carbocycles. The quantitative estimate of drug-likeness (QED) is 0.647. The van der Waals surface area contributed by atoms with Gasteiger partial charge in [0.1, 0.15) is 5.82 Å². The van der Waals surface area contributed by atoms with E-state index < -0.39 is 5.82 Å². The van der Waals surface area contributed by atoms with Crippen LogP contribution >= 0.6 is 0 Å². The maximum atomic E-state index is 13.2. The van der Waals surface area contributed by atoms with Crippen LogP contribution in [0.1, 0.15) is 24.5 Å². The van der Waals surface area contributed by atoms with Gasteiger partial charge in [-0.3, -0.25) is 4.79 Å². The Labute approximate surface area is 100 Å². The predicted molar refractivity (Wildman–Crippen MR) is 65.8 cm³/mol. The van der Waals surface area contributed by atoms with Gasteiger partial charge >= 0.3 is 5.97 Å². The van der Waals surface area contributed by atoms with E-state index in [2.05, 4.69) is 0 Å². The van der Waals surface area contributed by atoms with Crippen molar-refractivity contribution >= 4 is 17.7 Å². The fourth-order valence-corrected chi connectivity index (χ4v) is 1.40. The summed E-state index contributed by atoms with van der Waals surface area (Å²) >= 11 is 0. The second-order valence-corrected chi connectivity index (χ2v) is 3.64. The van der Waals surface area contributed by atoms with Crippen molar-refractivity contribution < 1.29 is 13.9 Å². The summed E-state index contributed by atoms with van der Waals surface area (Å²) in [6.07, 6.45) is 3.52. The topological polar surface area (TPSA) is 52.3 Å². The van der Waals surface area contributed by atoms with Crippen LogP contribution in [0.5, 0.6) is 0 Å². The van der Waals surface area contributed by atoms with E-state index in [0.29, 0.717) is 12.2 Å². The van der Waals surface area contributed by atoms with Crippen molar-refractivity contribution in [1.29, 1.82) is 0 Å². The first-order valence-corrected chi connectivity index (χ1v) is 5.42. The Morgan fingerprint density at radius 3 is 2.88 bits per heavy atom. The number of carbonyl (C=O) groups is 1. The summed E-state index contributed by atoms with van der Waals surface area (Å²) < 4.78 is 18.0. The lowest BCUT2D eigenvalue weighted by molar-refractivity contribution is -0.142. The molecule has 0 aliphatic carbocycles. The lowest BCUT2D eigenvalue weighted by Gasteiger charge is -2.03. The van der Waals surface area contributed by atoms with Crippen molar-refractivity contribution in [2.45, 2.75) is 20.3 Å². The van der Waals surface area contributed by atoms with Gasteiger partial charge in [-0.15, -0.1) is 0 Å². The second kappa shape index (κ2) is 6.03. The molecule has 0 saturated carbocycles. The van der Waals surface area contributed by atoms with Crippen molar-refractivity contribution in [2.75, 3.05) is 12.3 Å². The molecule has 2 N–H and O–H groups in total. The highest BCUT2D eigenvalue weighted by Gasteiger charge is 2.02. The van der Waals surface area contributed by atoms with Crippen molar-refractivity contribution in [2.24, 2.45) is 0 Å². The lowest BCUT2D eigenvalue weighted by Crippen LogP contribution is -2.01. The van der Waals surface area contributed by atoms with Crippen LogP contribution in [0.4, 0.5) is 10.1 Å². The van der Waals surface area contributed by atoms with E-state index in [4.69, 9.17) is 10.5 Å². The first-order chi connectivity index (χ1) is 8.04. The van der Waals surface area contributed by atoms with Gasteiger partial charge in [-0.05, 0) is 37.1 Å². The molecule has 0 bridgehead atoms. The van der Waals surface area contributed by atoms with E-state index in [-0.39, 0.29) is 18.1 Å². The second-order valence-electron chi connectivity index (χ2n) is 3.64. The van der Waals surface area contributed by atoms with E-state index in [0.717, 1.165) is 5.56 Å². The van der Waals surface area contributed by atoms with Gasteiger partial charge in [0.15, 0.2) is 0 Å². The van der Waals surface area contributed by atoms with E-state index in [1.165, 1.54) is 6.07 Å². The highest BCUT2D eigenvalue weighted by Crippen LogP contribution is 2.18. The first kappa shape index (κ1) is 13.2. The molecule has 17 heavy (non-hydrogen) atoms. The van der Waals surface area contributed by atoms with Gasteiger partial charge in [0.05, 0.1) is 18.7 Å². The summed E-state index contributed by atoms with van der Waals surface area (Å²) in [5.74, 6) is -0.747. The Kier molecular flexibility index (Phi) is 4.69. The smallest absolute Gasteiger partial charge is 0.309 e. The number of halogens is 1. The van der Waals surface area contributed by atoms with Crippen LogP contribution < -0.4 is 5.73 Å². The number of rotatable bonds is 4. The van der Waals surface area contributed by atoms with E-state index in [1.807, 2.05) is 6.92 Å². The summed E-state index contributed by atoms with van der Waals surface area (Å²) in [6, 6.07) is 2.92. The summed E-state index contributed by atoms with van der Waals surface area (Å²) in [7, 11) is 0. The zero-order valence-corrected chi connectivity index (χ0v) is 10.00. The summed E-state index contributed by atoms with van der Waals surface area (Å²) in [6.45, 7) is 3.95. The van der Waals surface area contributed by atoms with Crippen LogP contribution in [0.15, 0.2) is 18.2 Å². The number of benzene rings is 1. The van der Waals surface area contributed by atoms with Crippen LogP contribution in [-0.2, 0) is 9.53 Å². The average molecular weight is 237 g/mol. The minimum absolute atomic E-state index is 0.130. The minimum atomic E-state index is -0.452. The first-order valence-electron chi connectivity index (χ1n) is 5.42. The third-order valence-electron chi connectivity index (χ3n) is 2.27. The zero-order valence-electron chi connectivity index (χ0n) is 10.00. The summed E-state index contributed by atoms with van der Waals surface area (Å²) in [4.78, 5) is 11.1. The largest absolute Gasteiger partial charge is 0.466 e. The van der Waals surface area contributed by atoms with Gasteiger partial charge in [-0.25, -0.2) is 4.39 Å². The molecular formula is C13H16FNO2. The third-order valence-corrected chi connectivity index (χ3v) is 2.27. The molecule has 0 unspecified atom stereocenters. The SMILES string of the molecule is CCOC(=O)CC=Cc1cc(F)c(N)cc1C. The molecule has 0 fully saturated rings. The van der Waals surface area contributed by atoms with Gasteiger partial charge in [-0.1, -0.05) is 12.2 Å². The van der Waals surface area contributed by atoms with E-state index in [9.17, 15) is 9.18 Å². The standard InChI is InChI=1S/C13H16FNO2/c1-3-17-13(16)6-4-5-10-8-11(14)12(15)7-9(10)2/h4-5,7-8H,3,6,15H2,1-2H3. The molecule has 0 amide bonds. The molecule has 1 aromatic rings. The lowest BCUT2D eigenvalue weighted by atomic mass is 10.1. The minimum Gasteiger partial charge on any atom is -0.466 e. The van der Waals surface area contributed by atoms with Crippen LogP contribution in [0.2, 0.25) is 0 Å². The molecule has 4 heteroatoms. The number of aryl methyl sites for hydroxylation is 1. The average Bonchev–Trinajstić information content (AvgIpc) is 2.26.